The summed E-state index contributed by atoms with van der Waals surface area (Å²) in [4.78, 5) is 4.65. The van der Waals surface area contributed by atoms with E-state index in [0.29, 0.717) is 16.7 Å². The molecule has 2 heterocycles. The summed E-state index contributed by atoms with van der Waals surface area (Å²) in [6.07, 6.45) is -4.39. The largest absolute Gasteiger partial charge is 0.416 e. The van der Waals surface area contributed by atoms with E-state index in [4.69, 9.17) is 0 Å². The number of nitrogens with one attached hydrogen (secondary N) is 1. The molecule has 0 bridgehead atoms. The van der Waals surface area contributed by atoms with Crippen molar-refractivity contribution in [2.45, 2.75) is 39.2 Å². The van der Waals surface area contributed by atoms with Gasteiger partial charge in [0.2, 0.25) is 11.1 Å². The monoisotopic (exact) mass is 490 g/mol. The fourth-order valence-electron chi connectivity index (χ4n) is 3.15. The van der Waals surface area contributed by atoms with E-state index < -0.39 is 11.7 Å². The zero-order valence-corrected chi connectivity index (χ0v) is 19.9. The third-order valence-electron chi connectivity index (χ3n) is 4.97. The van der Waals surface area contributed by atoms with E-state index in [1.54, 1.807) is 5.01 Å². The zero-order chi connectivity index (χ0) is 23.8. The van der Waals surface area contributed by atoms with Gasteiger partial charge in [-0.3, -0.25) is 0 Å². The van der Waals surface area contributed by atoms with Gasteiger partial charge in [0.1, 0.15) is 10.4 Å². The standard InChI is InChI=1S/C22H21F3N6S2/c1-12-5-10-18(11-13(12)2)26-20(27-21-29-28-14(3)33-21)31-19(32-15(4)30-31)16-6-8-17(9-7-16)22(23,24)25/h5-11,19H,1-4H3,(H,26,27,29). The van der Waals surface area contributed by atoms with Crippen molar-refractivity contribution >= 4 is 44.9 Å². The Bertz CT molecular complexity index is 1220. The summed E-state index contributed by atoms with van der Waals surface area (Å²) in [6, 6.07) is 11.1. The van der Waals surface area contributed by atoms with Crippen molar-refractivity contribution < 1.29 is 13.2 Å². The minimum Gasteiger partial charge on any atom is -0.324 e. The smallest absolute Gasteiger partial charge is 0.324 e. The first kappa shape index (κ1) is 23.2. The number of alkyl halides is 3. The van der Waals surface area contributed by atoms with Gasteiger partial charge in [-0.05, 0) is 68.7 Å². The number of aromatic nitrogens is 2. The zero-order valence-electron chi connectivity index (χ0n) is 18.3. The summed E-state index contributed by atoms with van der Waals surface area (Å²) in [6.45, 7) is 7.74. The average Bonchev–Trinajstić information content (AvgIpc) is 3.35. The number of halogens is 3. The Kier molecular flexibility index (Phi) is 6.44. The maximum absolute atomic E-state index is 13.0. The van der Waals surface area contributed by atoms with E-state index in [1.165, 1.54) is 35.2 Å². The van der Waals surface area contributed by atoms with Crippen LogP contribution in [0.1, 0.15) is 39.6 Å². The van der Waals surface area contributed by atoms with Crippen LogP contribution in [0.5, 0.6) is 0 Å². The number of benzene rings is 2. The van der Waals surface area contributed by atoms with Gasteiger partial charge in [0.15, 0.2) is 0 Å². The Morgan fingerprint density at radius 1 is 1.00 bits per heavy atom. The number of rotatable bonds is 3. The molecule has 11 heteroatoms. The molecule has 1 aliphatic rings. The second kappa shape index (κ2) is 9.14. The normalized spacial score (nSPS) is 16.8. The lowest BCUT2D eigenvalue weighted by Crippen LogP contribution is -2.32. The molecular weight excluding hydrogens is 469 g/mol. The maximum atomic E-state index is 13.0. The van der Waals surface area contributed by atoms with E-state index in [-0.39, 0.29) is 5.37 Å². The van der Waals surface area contributed by atoms with Gasteiger partial charge < -0.3 is 5.32 Å². The molecule has 0 saturated heterocycles. The van der Waals surface area contributed by atoms with Crippen LogP contribution in [0.15, 0.2) is 52.6 Å². The summed E-state index contributed by atoms with van der Waals surface area (Å²) in [7, 11) is 0. The van der Waals surface area contributed by atoms with Gasteiger partial charge in [0.25, 0.3) is 0 Å². The molecule has 6 nitrogen and oxygen atoms in total. The number of guanidine groups is 1. The molecule has 1 aromatic heterocycles. The Morgan fingerprint density at radius 3 is 2.33 bits per heavy atom. The molecular formula is C22H21F3N6S2. The van der Waals surface area contributed by atoms with E-state index in [1.807, 2.05) is 45.9 Å². The molecule has 1 aliphatic heterocycles. The van der Waals surface area contributed by atoms with E-state index in [2.05, 4.69) is 25.6 Å². The summed E-state index contributed by atoms with van der Waals surface area (Å²) >= 11 is 2.78. The topological polar surface area (TPSA) is 65.8 Å². The van der Waals surface area contributed by atoms with Gasteiger partial charge in [0.05, 0.1) is 10.6 Å². The van der Waals surface area contributed by atoms with Gasteiger partial charge >= 0.3 is 6.18 Å². The molecule has 0 spiro atoms. The van der Waals surface area contributed by atoms with Crippen LogP contribution < -0.4 is 5.32 Å². The number of aryl methyl sites for hydroxylation is 3. The van der Waals surface area contributed by atoms with Crippen molar-refractivity contribution in [1.29, 1.82) is 0 Å². The quantitative estimate of drug-likeness (QED) is 0.328. The predicted molar refractivity (Wildman–Crippen MR) is 128 cm³/mol. The average molecular weight is 491 g/mol. The fraction of sp³-hybridized carbons (Fsp3) is 0.273. The number of hydrazone groups is 1. The SMILES string of the molecule is CC1=NN(C(=Nc2nnc(C)s2)Nc2ccc(C)c(C)c2)C(c2ccc(C(F)(F)F)cc2)S1. The summed E-state index contributed by atoms with van der Waals surface area (Å²) in [5.74, 6) is 0.406. The molecule has 2 aromatic carbocycles. The van der Waals surface area contributed by atoms with Gasteiger partial charge in [-0.1, -0.05) is 41.3 Å². The second-order valence-corrected chi connectivity index (χ2v) is 9.95. The molecule has 0 radical (unpaired) electrons. The van der Waals surface area contributed by atoms with Crippen LogP contribution in [0.25, 0.3) is 0 Å². The first-order valence-electron chi connectivity index (χ1n) is 10.0. The number of thioether (sulfide) groups is 1. The number of aliphatic imine (C=N–C) groups is 1. The number of nitrogens with zero attached hydrogens (tertiary/aromatic N) is 5. The Hall–Kier alpha value is -2.92. The lowest BCUT2D eigenvalue weighted by atomic mass is 10.1. The van der Waals surface area contributed by atoms with Crippen molar-refractivity contribution in [1.82, 2.24) is 15.2 Å². The van der Waals surface area contributed by atoms with Gasteiger partial charge in [-0.25, -0.2) is 5.01 Å². The molecule has 4 rings (SSSR count). The first-order chi connectivity index (χ1) is 15.6. The molecule has 0 aliphatic carbocycles. The number of anilines is 1. The lowest BCUT2D eigenvalue weighted by Gasteiger charge is -2.25. The van der Waals surface area contributed by atoms with Crippen LogP contribution in [-0.2, 0) is 6.18 Å². The third-order valence-corrected chi connectivity index (χ3v) is 6.82. The minimum atomic E-state index is -4.39. The van der Waals surface area contributed by atoms with Crippen molar-refractivity contribution in [3.8, 4) is 0 Å². The fourth-order valence-corrected chi connectivity index (χ4v) is 4.71. The van der Waals surface area contributed by atoms with Crippen LogP contribution in [-0.4, -0.2) is 26.2 Å². The number of hydrogen-bond acceptors (Lipinski definition) is 6. The van der Waals surface area contributed by atoms with Crippen molar-refractivity contribution in [2.75, 3.05) is 5.32 Å². The molecule has 1 unspecified atom stereocenters. The summed E-state index contributed by atoms with van der Waals surface area (Å²) in [5.41, 5.74) is 3.07. The minimum absolute atomic E-state index is 0.390. The van der Waals surface area contributed by atoms with Crippen LogP contribution in [0.4, 0.5) is 24.0 Å². The molecule has 3 aromatic rings. The van der Waals surface area contributed by atoms with Gasteiger partial charge in [-0.2, -0.15) is 23.3 Å². The number of hydrogen-bond donors (Lipinski definition) is 1. The Labute approximate surface area is 197 Å². The van der Waals surface area contributed by atoms with Crippen LogP contribution in [0, 0.1) is 20.8 Å². The van der Waals surface area contributed by atoms with E-state index in [9.17, 15) is 13.2 Å². The van der Waals surface area contributed by atoms with Crippen molar-refractivity contribution in [2.24, 2.45) is 10.1 Å². The van der Waals surface area contributed by atoms with Crippen molar-refractivity contribution in [3.63, 3.8) is 0 Å². The summed E-state index contributed by atoms with van der Waals surface area (Å²) < 4.78 is 39.1. The molecule has 0 amide bonds. The predicted octanol–water partition coefficient (Wildman–Crippen LogP) is 6.66. The highest BCUT2D eigenvalue weighted by molar-refractivity contribution is 8.14. The lowest BCUT2D eigenvalue weighted by molar-refractivity contribution is -0.137. The maximum Gasteiger partial charge on any atom is 0.416 e. The second-order valence-electron chi connectivity index (χ2n) is 7.52. The molecule has 33 heavy (non-hydrogen) atoms. The molecule has 0 fully saturated rings. The van der Waals surface area contributed by atoms with Crippen molar-refractivity contribution in [3.05, 3.63) is 69.7 Å². The highest BCUT2D eigenvalue weighted by Crippen LogP contribution is 2.41. The van der Waals surface area contributed by atoms with Gasteiger partial charge in [-0.15, -0.1) is 10.2 Å². The first-order valence-corrected chi connectivity index (χ1v) is 11.7. The van der Waals surface area contributed by atoms with Gasteiger partial charge in [0, 0.05) is 5.69 Å². The highest BCUT2D eigenvalue weighted by Gasteiger charge is 2.34. The van der Waals surface area contributed by atoms with E-state index in [0.717, 1.165) is 39.0 Å². The third kappa shape index (κ3) is 5.36. The summed E-state index contributed by atoms with van der Waals surface area (Å²) in [5, 5.41) is 19.3. The van der Waals surface area contributed by atoms with Crippen LogP contribution >= 0.6 is 23.1 Å². The highest BCUT2D eigenvalue weighted by atomic mass is 32.2. The Morgan fingerprint density at radius 2 is 1.73 bits per heavy atom. The molecule has 172 valence electrons. The molecule has 1 N–H and O–H groups in total. The van der Waals surface area contributed by atoms with E-state index >= 15 is 0 Å². The van der Waals surface area contributed by atoms with Crippen LogP contribution in [0.2, 0.25) is 0 Å². The molecule has 0 saturated carbocycles. The Balaban J connectivity index is 1.72. The van der Waals surface area contributed by atoms with Crippen LogP contribution in [0.3, 0.4) is 0 Å². The molecule has 1 atom stereocenters.